The van der Waals surface area contributed by atoms with Crippen molar-refractivity contribution in [3.8, 4) is 5.88 Å². The van der Waals surface area contributed by atoms with Crippen molar-refractivity contribution in [2.75, 3.05) is 38.2 Å². The number of rotatable bonds is 5. The average Bonchev–Trinajstić information content (AvgIpc) is 3.33. The summed E-state index contributed by atoms with van der Waals surface area (Å²) < 4.78 is 7.42. The lowest BCUT2D eigenvalue weighted by Gasteiger charge is -2.32. The molecule has 140 valence electrons. The maximum Gasteiger partial charge on any atom is 0.218 e. The number of hydrogen-bond acceptors (Lipinski definition) is 7. The molecule has 0 atom stereocenters. The SMILES string of the molecule is COc1cc(N2CCC(c3nnc(CN4CCCC4)n3C)CC2)ncn1. The van der Waals surface area contributed by atoms with Gasteiger partial charge in [-0.25, -0.2) is 9.97 Å². The number of anilines is 1. The lowest BCUT2D eigenvalue weighted by molar-refractivity contribution is 0.317. The number of aromatic nitrogens is 5. The number of ether oxygens (including phenoxy) is 1. The fourth-order valence-corrected chi connectivity index (χ4v) is 3.99. The molecule has 0 amide bonds. The second-order valence-electron chi connectivity index (χ2n) is 7.20. The minimum absolute atomic E-state index is 0.458. The topological polar surface area (TPSA) is 72.2 Å². The first-order valence-corrected chi connectivity index (χ1v) is 9.46. The lowest BCUT2D eigenvalue weighted by atomic mass is 9.96. The van der Waals surface area contributed by atoms with Crippen molar-refractivity contribution in [1.82, 2.24) is 29.6 Å². The Kier molecular flexibility index (Phi) is 5.01. The van der Waals surface area contributed by atoms with Crippen molar-refractivity contribution in [1.29, 1.82) is 0 Å². The zero-order valence-corrected chi connectivity index (χ0v) is 15.6. The second-order valence-corrected chi connectivity index (χ2v) is 7.20. The van der Waals surface area contributed by atoms with Gasteiger partial charge >= 0.3 is 0 Å². The summed E-state index contributed by atoms with van der Waals surface area (Å²) in [7, 11) is 3.74. The van der Waals surface area contributed by atoms with Gasteiger partial charge in [-0.05, 0) is 38.8 Å². The molecule has 4 heterocycles. The van der Waals surface area contributed by atoms with E-state index in [1.54, 1.807) is 13.4 Å². The molecule has 2 fully saturated rings. The van der Waals surface area contributed by atoms with Gasteiger partial charge in [-0.3, -0.25) is 4.90 Å². The van der Waals surface area contributed by atoms with E-state index in [9.17, 15) is 0 Å². The Balaban J connectivity index is 1.39. The maximum atomic E-state index is 5.21. The molecule has 0 saturated carbocycles. The fraction of sp³-hybridized carbons (Fsp3) is 0.667. The Hall–Kier alpha value is -2.22. The Labute approximate surface area is 154 Å². The minimum Gasteiger partial charge on any atom is -0.481 e. The molecule has 8 heteroatoms. The molecule has 0 aromatic carbocycles. The Morgan fingerprint density at radius 2 is 1.85 bits per heavy atom. The van der Waals surface area contributed by atoms with Crippen LogP contribution in [0.25, 0.3) is 0 Å². The average molecular weight is 357 g/mol. The van der Waals surface area contributed by atoms with E-state index in [-0.39, 0.29) is 0 Å². The molecule has 2 aliphatic rings. The predicted octanol–water partition coefficient (Wildman–Crippen LogP) is 1.59. The van der Waals surface area contributed by atoms with Crippen LogP contribution in [0.5, 0.6) is 5.88 Å². The molecular weight excluding hydrogens is 330 g/mol. The fourth-order valence-electron chi connectivity index (χ4n) is 3.99. The van der Waals surface area contributed by atoms with Crippen LogP contribution in [0, 0.1) is 0 Å². The highest BCUT2D eigenvalue weighted by Gasteiger charge is 2.26. The third kappa shape index (κ3) is 3.51. The molecule has 2 aromatic rings. The summed E-state index contributed by atoms with van der Waals surface area (Å²) in [5, 5.41) is 9.00. The van der Waals surface area contributed by atoms with Gasteiger partial charge in [-0.2, -0.15) is 0 Å². The van der Waals surface area contributed by atoms with Gasteiger partial charge in [0.15, 0.2) is 0 Å². The number of hydrogen-bond donors (Lipinski definition) is 0. The zero-order chi connectivity index (χ0) is 17.9. The first kappa shape index (κ1) is 17.2. The van der Waals surface area contributed by atoms with Crippen LogP contribution < -0.4 is 9.64 Å². The number of likely N-dealkylation sites (tertiary alicyclic amines) is 1. The largest absolute Gasteiger partial charge is 0.481 e. The van der Waals surface area contributed by atoms with Crippen molar-refractivity contribution in [3.05, 3.63) is 24.0 Å². The first-order valence-electron chi connectivity index (χ1n) is 9.46. The molecular formula is C18H27N7O. The van der Waals surface area contributed by atoms with Crippen molar-refractivity contribution in [3.63, 3.8) is 0 Å². The van der Waals surface area contributed by atoms with Gasteiger partial charge in [0, 0.05) is 32.1 Å². The lowest BCUT2D eigenvalue weighted by Crippen LogP contribution is -2.34. The maximum absolute atomic E-state index is 5.21. The molecule has 0 unspecified atom stereocenters. The molecule has 0 aliphatic carbocycles. The quantitative estimate of drug-likeness (QED) is 0.805. The highest BCUT2D eigenvalue weighted by molar-refractivity contribution is 5.41. The normalized spacial score (nSPS) is 19.2. The summed E-state index contributed by atoms with van der Waals surface area (Å²) in [5.74, 6) is 4.21. The molecule has 4 rings (SSSR count). The summed E-state index contributed by atoms with van der Waals surface area (Å²) in [5.41, 5.74) is 0. The van der Waals surface area contributed by atoms with Gasteiger partial charge in [-0.1, -0.05) is 0 Å². The molecule has 0 N–H and O–H groups in total. The second kappa shape index (κ2) is 7.57. The van der Waals surface area contributed by atoms with Crippen molar-refractivity contribution >= 4 is 5.82 Å². The smallest absolute Gasteiger partial charge is 0.218 e. The standard InChI is InChI=1S/C18H27N7O/c1-23-16(12-24-7-3-4-8-24)21-22-18(23)14-5-9-25(10-6-14)15-11-17(26-2)20-13-19-15/h11,13-14H,3-10,12H2,1-2H3. The van der Waals surface area contributed by atoms with Crippen LogP contribution in [-0.4, -0.2) is 62.9 Å². The van der Waals surface area contributed by atoms with E-state index < -0.39 is 0 Å². The van der Waals surface area contributed by atoms with Crippen LogP contribution in [-0.2, 0) is 13.6 Å². The van der Waals surface area contributed by atoms with Crippen LogP contribution in [0.2, 0.25) is 0 Å². The van der Waals surface area contributed by atoms with E-state index in [4.69, 9.17) is 4.74 Å². The Morgan fingerprint density at radius 1 is 1.08 bits per heavy atom. The van der Waals surface area contributed by atoms with Gasteiger partial charge in [-0.15, -0.1) is 10.2 Å². The Bertz CT molecular complexity index is 733. The summed E-state index contributed by atoms with van der Waals surface area (Å²) in [6.07, 6.45) is 6.28. The van der Waals surface area contributed by atoms with E-state index in [2.05, 4.69) is 41.6 Å². The van der Waals surface area contributed by atoms with Gasteiger partial charge < -0.3 is 14.2 Å². The highest BCUT2D eigenvalue weighted by atomic mass is 16.5. The molecule has 26 heavy (non-hydrogen) atoms. The molecule has 0 bridgehead atoms. The summed E-state index contributed by atoms with van der Waals surface area (Å²) in [4.78, 5) is 13.2. The van der Waals surface area contributed by atoms with E-state index in [0.29, 0.717) is 11.8 Å². The first-order chi connectivity index (χ1) is 12.7. The molecule has 2 aliphatic heterocycles. The van der Waals surface area contributed by atoms with E-state index in [1.807, 2.05) is 6.07 Å². The predicted molar refractivity (Wildman–Crippen MR) is 98.3 cm³/mol. The number of nitrogens with zero attached hydrogens (tertiary/aromatic N) is 7. The van der Waals surface area contributed by atoms with Crippen molar-refractivity contribution < 1.29 is 4.74 Å². The Morgan fingerprint density at radius 3 is 2.58 bits per heavy atom. The van der Waals surface area contributed by atoms with Crippen LogP contribution in [0.15, 0.2) is 12.4 Å². The summed E-state index contributed by atoms with van der Waals surface area (Å²) in [6, 6.07) is 1.90. The van der Waals surface area contributed by atoms with Crippen LogP contribution in [0.3, 0.4) is 0 Å². The molecule has 0 spiro atoms. The third-order valence-electron chi connectivity index (χ3n) is 5.58. The van der Waals surface area contributed by atoms with Crippen LogP contribution >= 0.6 is 0 Å². The minimum atomic E-state index is 0.458. The number of piperidine rings is 1. The van der Waals surface area contributed by atoms with E-state index in [1.165, 1.54) is 25.9 Å². The van der Waals surface area contributed by atoms with Gasteiger partial charge in [0.1, 0.15) is 23.8 Å². The van der Waals surface area contributed by atoms with Crippen LogP contribution in [0.1, 0.15) is 43.3 Å². The monoisotopic (exact) mass is 357 g/mol. The number of methoxy groups -OCH3 is 1. The highest BCUT2D eigenvalue weighted by Crippen LogP contribution is 2.29. The summed E-state index contributed by atoms with van der Waals surface area (Å²) >= 11 is 0. The zero-order valence-electron chi connectivity index (χ0n) is 15.6. The van der Waals surface area contributed by atoms with E-state index >= 15 is 0 Å². The molecule has 2 aromatic heterocycles. The van der Waals surface area contributed by atoms with Crippen molar-refractivity contribution in [2.24, 2.45) is 7.05 Å². The van der Waals surface area contributed by atoms with Gasteiger partial charge in [0.05, 0.1) is 13.7 Å². The molecule has 2 saturated heterocycles. The molecule has 8 nitrogen and oxygen atoms in total. The molecule has 0 radical (unpaired) electrons. The van der Waals surface area contributed by atoms with Crippen LogP contribution in [0.4, 0.5) is 5.82 Å². The summed E-state index contributed by atoms with van der Waals surface area (Å²) in [6.45, 7) is 5.20. The van der Waals surface area contributed by atoms with E-state index in [0.717, 1.165) is 49.9 Å². The van der Waals surface area contributed by atoms with Crippen molar-refractivity contribution in [2.45, 2.75) is 38.1 Å². The third-order valence-corrected chi connectivity index (χ3v) is 5.58. The van der Waals surface area contributed by atoms with Gasteiger partial charge in [0.2, 0.25) is 5.88 Å². The van der Waals surface area contributed by atoms with Gasteiger partial charge in [0.25, 0.3) is 0 Å².